The molecule has 0 aromatic heterocycles. The highest BCUT2D eigenvalue weighted by Gasteiger charge is 2.18. The normalized spacial score (nSPS) is 13.4. The third kappa shape index (κ3) is 5.41. The predicted molar refractivity (Wildman–Crippen MR) is 94.2 cm³/mol. The van der Waals surface area contributed by atoms with Gasteiger partial charge in [-0.05, 0) is 45.0 Å². The molecule has 0 atom stereocenters. The summed E-state index contributed by atoms with van der Waals surface area (Å²) in [7, 11) is 0. The number of hydrogen-bond acceptors (Lipinski definition) is 6. The fourth-order valence-electron chi connectivity index (χ4n) is 2.46. The second-order valence-electron chi connectivity index (χ2n) is 5.75. The molecule has 136 valence electrons. The molecule has 1 aliphatic rings. The largest absolute Gasteiger partial charge is 0.493 e. The van der Waals surface area contributed by atoms with Crippen LogP contribution in [0.4, 0.5) is 11.4 Å². The van der Waals surface area contributed by atoms with Crippen molar-refractivity contribution in [2.24, 2.45) is 0 Å². The number of carbonyl (C=O) groups excluding carboxylic acids is 2. The summed E-state index contributed by atoms with van der Waals surface area (Å²) in [6.45, 7) is 7.54. The maximum atomic E-state index is 11.9. The van der Waals surface area contributed by atoms with Crippen molar-refractivity contribution in [1.82, 2.24) is 0 Å². The highest BCUT2D eigenvalue weighted by atomic mass is 16.6. The Bertz CT molecular complexity index is 625. The topological polar surface area (TPSA) is 77.1 Å². The van der Waals surface area contributed by atoms with Crippen molar-refractivity contribution in [3.8, 4) is 0 Å². The van der Waals surface area contributed by atoms with E-state index in [1.165, 1.54) is 6.26 Å². The molecule has 1 N–H and O–H groups in total. The van der Waals surface area contributed by atoms with Gasteiger partial charge >= 0.3 is 5.97 Å². The molecule has 0 fully saturated rings. The van der Waals surface area contributed by atoms with Crippen LogP contribution in [0.3, 0.4) is 0 Å². The summed E-state index contributed by atoms with van der Waals surface area (Å²) in [6.07, 6.45) is 1.19. The van der Waals surface area contributed by atoms with Crippen LogP contribution in [0.2, 0.25) is 0 Å². The Balaban J connectivity index is 1.84. The zero-order valence-corrected chi connectivity index (χ0v) is 14.8. The van der Waals surface area contributed by atoms with Gasteiger partial charge in [0.2, 0.25) is 5.76 Å². The Morgan fingerprint density at radius 2 is 1.96 bits per heavy atom. The minimum atomic E-state index is -0.722. The third-order valence-electron chi connectivity index (χ3n) is 3.63. The van der Waals surface area contributed by atoms with Crippen molar-refractivity contribution in [3.05, 3.63) is 36.3 Å². The van der Waals surface area contributed by atoms with Gasteiger partial charge in [0.15, 0.2) is 6.61 Å². The van der Waals surface area contributed by atoms with Crippen molar-refractivity contribution in [2.75, 3.05) is 36.6 Å². The summed E-state index contributed by atoms with van der Waals surface area (Å²) < 4.78 is 14.9. The first-order chi connectivity index (χ1) is 12.0. The minimum Gasteiger partial charge on any atom is -0.493 e. The first kappa shape index (κ1) is 18.6. The number of amides is 1. The van der Waals surface area contributed by atoms with Gasteiger partial charge in [0, 0.05) is 24.0 Å². The molecule has 1 heterocycles. The van der Waals surface area contributed by atoms with E-state index in [4.69, 9.17) is 14.2 Å². The SMILES string of the molecule is CCN(c1ccc(NC(=O)COC(=O)C2=COCCO2)cc1)C(C)C. The molecule has 1 amide bonds. The van der Waals surface area contributed by atoms with Crippen molar-refractivity contribution in [1.29, 1.82) is 0 Å². The van der Waals surface area contributed by atoms with E-state index in [-0.39, 0.29) is 12.4 Å². The van der Waals surface area contributed by atoms with Gasteiger partial charge in [-0.15, -0.1) is 0 Å². The van der Waals surface area contributed by atoms with Crippen LogP contribution >= 0.6 is 0 Å². The molecule has 0 unspecified atom stereocenters. The first-order valence-corrected chi connectivity index (χ1v) is 8.29. The molecule has 1 aromatic rings. The predicted octanol–water partition coefficient (Wildman–Crippen LogP) is 2.29. The number of carbonyl (C=O) groups is 2. The van der Waals surface area contributed by atoms with Crippen molar-refractivity contribution < 1.29 is 23.8 Å². The van der Waals surface area contributed by atoms with Crippen molar-refractivity contribution in [3.63, 3.8) is 0 Å². The van der Waals surface area contributed by atoms with Gasteiger partial charge in [-0.1, -0.05) is 0 Å². The smallest absolute Gasteiger partial charge is 0.377 e. The summed E-state index contributed by atoms with van der Waals surface area (Å²) >= 11 is 0. The Labute approximate surface area is 147 Å². The Hall–Kier alpha value is -2.70. The van der Waals surface area contributed by atoms with Crippen LogP contribution in [0.5, 0.6) is 0 Å². The molecule has 0 saturated carbocycles. The lowest BCUT2D eigenvalue weighted by molar-refractivity contribution is -0.148. The number of ether oxygens (including phenoxy) is 3. The number of rotatable bonds is 7. The van der Waals surface area contributed by atoms with Gasteiger partial charge < -0.3 is 24.4 Å². The Morgan fingerprint density at radius 1 is 1.24 bits per heavy atom. The number of esters is 1. The fourth-order valence-corrected chi connectivity index (χ4v) is 2.46. The monoisotopic (exact) mass is 348 g/mol. The van der Waals surface area contributed by atoms with E-state index in [0.717, 1.165) is 12.2 Å². The number of anilines is 2. The van der Waals surface area contributed by atoms with E-state index < -0.39 is 18.5 Å². The van der Waals surface area contributed by atoms with Gasteiger partial charge in [-0.2, -0.15) is 0 Å². The highest BCUT2D eigenvalue weighted by molar-refractivity contribution is 5.94. The van der Waals surface area contributed by atoms with E-state index in [1.807, 2.05) is 24.3 Å². The quantitative estimate of drug-likeness (QED) is 0.762. The summed E-state index contributed by atoms with van der Waals surface area (Å²) in [5.74, 6) is -1.17. The zero-order valence-electron chi connectivity index (χ0n) is 14.8. The van der Waals surface area contributed by atoms with Gasteiger partial charge in [0.1, 0.15) is 19.5 Å². The van der Waals surface area contributed by atoms with Gasteiger partial charge in [-0.3, -0.25) is 4.79 Å². The lowest BCUT2D eigenvalue weighted by Crippen LogP contribution is -2.30. The number of hydrogen-bond donors (Lipinski definition) is 1. The van der Waals surface area contributed by atoms with Crippen molar-refractivity contribution >= 4 is 23.3 Å². The standard InChI is InChI=1S/C18H24N2O5/c1-4-20(13(2)3)15-7-5-14(6-8-15)19-17(21)12-25-18(22)16-11-23-9-10-24-16/h5-8,11,13H,4,9-10,12H2,1-3H3,(H,19,21). The van der Waals surface area contributed by atoms with E-state index in [9.17, 15) is 9.59 Å². The van der Waals surface area contributed by atoms with Crippen molar-refractivity contribution in [2.45, 2.75) is 26.8 Å². The Morgan fingerprint density at radius 3 is 2.52 bits per heavy atom. The summed E-state index contributed by atoms with van der Waals surface area (Å²) in [5, 5.41) is 2.69. The van der Waals surface area contributed by atoms with Gasteiger partial charge in [0.25, 0.3) is 5.91 Å². The van der Waals surface area contributed by atoms with Gasteiger partial charge in [-0.25, -0.2) is 4.79 Å². The average molecular weight is 348 g/mol. The van der Waals surface area contributed by atoms with Crippen LogP contribution < -0.4 is 10.2 Å². The number of nitrogens with one attached hydrogen (secondary N) is 1. The molecule has 7 heteroatoms. The molecule has 0 aliphatic carbocycles. The third-order valence-corrected chi connectivity index (χ3v) is 3.63. The lowest BCUT2D eigenvalue weighted by atomic mass is 10.2. The molecule has 2 rings (SSSR count). The molecule has 0 saturated heterocycles. The van der Waals surface area contributed by atoms with E-state index in [1.54, 1.807) is 0 Å². The number of benzene rings is 1. The van der Waals surface area contributed by atoms with Gasteiger partial charge in [0.05, 0.1) is 0 Å². The summed E-state index contributed by atoms with van der Waals surface area (Å²) in [6, 6.07) is 7.93. The lowest BCUT2D eigenvalue weighted by Gasteiger charge is -2.27. The van der Waals surface area contributed by atoms with Crippen LogP contribution in [-0.2, 0) is 23.8 Å². The molecule has 7 nitrogen and oxygen atoms in total. The summed E-state index contributed by atoms with van der Waals surface area (Å²) in [5.41, 5.74) is 1.73. The maximum Gasteiger partial charge on any atom is 0.377 e. The highest BCUT2D eigenvalue weighted by Crippen LogP contribution is 2.19. The molecule has 0 radical (unpaired) electrons. The summed E-state index contributed by atoms with van der Waals surface area (Å²) in [4.78, 5) is 25.8. The maximum absolute atomic E-state index is 11.9. The second kappa shape index (κ2) is 8.96. The number of nitrogens with zero attached hydrogens (tertiary/aromatic N) is 1. The Kier molecular flexibility index (Phi) is 6.68. The van der Waals surface area contributed by atoms with E-state index >= 15 is 0 Å². The molecular formula is C18H24N2O5. The van der Waals surface area contributed by atoms with E-state index in [2.05, 4.69) is 31.0 Å². The van der Waals surface area contributed by atoms with Crippen LogP contribution in [0, 0.1) is 0 Å². The molecule has 1 aliphatic heterocycles. The minimum absolute atomic E-state index is 0.0308. The zero-order chi connectivity index (χ0) is 18.2. The second-order valence-corrected chi connectivity index (χ2v) is 5.75. The van der Waals surface area contributed by atoms with Crippen LogP contribution in [-0.4, -0.2) is 44.3 Å². The molecule has 0 bridgehead atoms. The van der Waals surface area contributed by atoms with Crippen LogP contribution in [0.15, 0.2) is 36.3 Å². The van der Waals surface area contributed by atoms with E-state index in [0.29, 0.717) is 18.3 Å². The first-order valence-electron chi connectivity index (χ1n) is 8.29. The molecule has 1 aromatic carbocycles. The molecule has 0 spiro atoms. The van der Waals surface area contributed by atoms with Crippen LogP contribution in [0.25, 0.3) is 0 Å². The van der Waals surface area contributed by atoms with Crippen LogP contribution in [0.1, 0.15) is 20.8 Å². The molecule has 25 heavy (non-hydrogen) atoms. The average Bonchev–Trinajstić information content (AvgIpc) is 2.62. The fraction of sp³-hybridized carbons (Fsp3) is 0.444. The molecular weight excluding hydrogens is 324 g/mol.